The van der Waals surface area contributed by atoms with Crippen molar-refractivity contribution in [3.05, 3.63) is 58.6 Å². The molecule has 1 aliphatic heterocycles. The Morgan fingerprint density at radius 2 is 2.08 bits per heavy atom. The average molecular weight is 344 g/mol. The molecule has 3 N–H and O–H groups in total. The minimum Gasteiger partial charge on any atom is -0.398 e. The molecule has 1 unspecified atom stereocenters. The topological polar surface area (TPSA) is 58.4 Å². The summed E-state index contributed by atoms with van der Waals surface area (Å²) in [4.78, 5) is 14.7. The zero-order valence-electron chi connectivity index (χ0n) is 13.8. The summed E-state index contributed by atoms with van der Waals surface area (Å²) < 4.78 is 0. The van der Waals surface area contributed by atoms with Crippen molar-refractivity contribution in [3.63, 3.8) is 0 Å². The summed E-state index contributed by atoms with van der Waals surface area (Å²) >= 11 is 6.14. The Morgan fingerprint density at radius 1 is 1.29 bits per heavy atom. The molecule has 0 saturated heterocycles. The fraction of sp³-hybridized carbons (Fsp3) is 0.316. The van der Waals surface area contributed by atoms with Crippen molar-refractivity contribution < 1.29 is 4.79 Å². The highest BCUT2D eigenvalue weighted by atomic mass is 35.5. The molecule has 0 fully saturated rings. The Kier molecular flexibility index (Phi) is 4.95. The van der Waals surface area contributed by atoms with E-state index >= 15 is 0 Å². The number of carbonyl (C=O) groups is 1. The highest BCUT2D eigenvalue weighted by Gasteiger charge is 2.26. The molecule has 1 atom stereocenters. The van der Waals surface area contributed by atoms with Crippen LogP contribution in [0.4, 0.5) is 11.4 Å². The fourth-order valence-electron chi connectivity index (χ4n) is 3.20. The third-order valence-electron chi connectivity index (χ3n) is 4.58. The number of fused-ring (bicyclic) bond motifs is 1. The van der Waals surface area contributed by atoms with Gasteiger partial charge >= 0.3 is 0 Å². The number of carbonyl (C=O) groups excluding carboxylic acids is 1. The van der Waals surface area contributed by atoms with Crippen LogP contribution in [-0.2, 0) is 17.8 Å². The molecular weight excluding hydrogens is 322 g/mol. The van der Waals surface area contributed by atoms with Crippen LogP contribution in [0.5, 0.6) is 0 Å². The summed E-state index contributed by atoms with van der Waals surface area (Å²) in [5.41, 5.74) is 10.0. The second kappa shape index (κ2) is 7.14. The third kappa shape index (κ3) is 3.34. The first-order chi connectivity index (χ1) is 11.6. The van der Waals surface area contributed by atoms with Gasteiger partial charge in [-0.25, -0.2) is 0 Å². The lowest BCUT2D eigenvalue weighted by molar-refractivity contribution is -0.122. The van der Waals surface area contributed by atoms with E-state index < -0.39 is 0 Å². The molecule has 0 spiro atoms. The van der Waals surface area contributed by atoms with Gasteiger partial charge in [-0.15, -0.1) is 0 Å². The standard InChI is InChI=1S/C19H22ClN3O/c1-13(19(24)22-12-14-6-2-3-8-16(14)20)23-11-5-7-15-17(21)9-4-10-18(15)23/h2-4,6,8-10,13H,5,7,11-12,21H2,1H3,(H,22,24). The molecule has 1 amide bonds. The van der Waals surface area contributed by atoms with E-state index in [0.29, 0.717) is 11.6 Å². The molecule has 0 aliphatic carbocycles. The molecule has 24 heavy (non-hydrogen) atoms. The lowest BCUT2D eigenvalue weighted by Crippen LogP contribution is -2.47. The Morgan fingerprint density at radius 3 is 2.88 bits per heavy atom. The van der Waals surface area contributed by atoms with E-state index in [1.807, 2.05) is 49.4 Å². The normalized spacial score (nSPS) is 14.8. The number of rotatable bonds is 4. The van der Waals surface area contributed by atoms with Gasteiger partial charge in [-0.05, 0) is 49.1 Å². The molecule has 0 bridgehead atoms. The Balaban J connectivity index is 1.71. The van der Waals surface area contributed by atoms with Crippen molar-refractivity contribution in [1.29, 1.82) is 0 Å². The predicted octanol–water partition coefficient (Wildman–Crippen LogP) is 3.38. The fourth-order valence-corrected chi connectivity index (χ4v) is 3.40. The molecule has 0 saturated carbocycles. The minimum absolute atomic E-state index is 0.00908. The first kappa shape index (κ1) is 16.7. The Labute approximate surface area is 147 Å². The molecule has 1 heterocycles. The average Bonchev–Trinajstić information content (AvgIpc) is 2.60. The van der Waals surface area contributed by atoms with Gasteiger partial charge < -0.3 is 16.0 Å². The van der Waals surface area contributed by atoms with E-state index in [0.717, 1.165) is 41.9 Å². The number of nitrogens with zero attached hydrogens (tertiary/aromatic N) is 1. The molecule has 2 aromatic rings. The summed E-state index contributed by atoms with van der Waals surface area (Å²) in [5.74, 6) is -0.00908. The highest BCUT2D eigenvalue weighted by Crippen LogP contribution is 2.32. The Hall–Kier alpha value is -2.20. The van der Waals surface area contributed by atoms with Gasteiger partial charge in [0.15, 0.2) is 0 Å². The number of benzene rings is 2. The van der Waals surface area contributed by atoms with Crippen molar-refractivity contribution in [1.82, 2.24) is 5.32 Å². The molecule has 3 rings (SSSR count). The van der Waals surface area contributed by atoms with Crippen LogP contribution in [0.2, 0.25) is 5.02 Å². The smallest absolute Gasteiger partial charge is 0.242 e. The number of halogens is 1. The van der Waals surface area contributed by atoms with Crippen LogP contribution in [0.25, 0.3) is 0 Å². The number of amides is 1. The van der Waals surface area contributed by atoms with E-state index in [-0.39, 0.29) is 11.9 Å². The number of anilines is 2. The maximum atomic E-state index is 12.6. The van der Waals surface area contributed by atoms with Crippen molar-refractivity contribution >= 4 is 28.9 Å². The van der Waals surface area contributed by atoms with Crippen molar-refractivity contribution in [3.8, 4) is 0 Å². The van der Waals surface area contributed by atoms with E-state index in [9.17, 15) is 4.79 Å². The van der Waals surface area contributed by atoms with Gasteiger partial charge in [-0.3, -0.25) is 4.79 Å². The molecule has 1 aliphatic rings. The summed E-state index contributed by atoms with van der Waals surface area (Å²) in [6, 6.07) is 13.2. The second-order valence-corrected chi connectivity index (χ2v) is 6.53. The number of hydrogen-bond donors (Lipinski definition) is 2. The summed E-state index contributed by atoms with van der Waals surface area (Å²) in [5, 5.41) is 3.65. The zero-order valence-corrected chi connectivity index (χ0v) is 14.5. The molecule has 0 aromatic heterocycles. The SMILES string of the molecule is CC(C(=O)NCc1ccccc1Cl)N1CCCc2c(N)cccc21. The summed E-state index contributed by atoms with van der Waals surface area (Å²) in [7, 11) is 0. The van der Waals surface area contributed by atoms with Gasteiger partial charge in [0, 0.05) is 29.5 Å². The van der Waals surface area contributed by atoms with E-state index in [4.69, 9.17) is 17.3 Å². The summed E-state index contributed by atoms with van der Waals surface area (Å²) in [6.07, 6.45) is 1.97. The first-order valence-electron chi connectivity index (χ1n) is 8.23. The van der Waals surface area contributed by atoms with Crippen LogP contribution in [0.1, 0.15) is 24.5 Å². The van der Waals surface area contributed by atoms with E-state index in [1.54, 1.807) is 0 Å². The van der Waals surface area contributed by atoms with Crippen molar-refractivity contribution in [2.24, 2.45) is 0 Å². The van der Waals surface area contributed by atoms with Gasteiger partial charge in [0.1, 0.15) is 6.04 Å². The molecular formula is C19H22ClN3O. The van der Waals surface area contributed by atoms with Crippen LogP contribution in [0.3, 0.4) is 0 Å². The lowest BCUT2D eigenvalue weighted by Gasteiger charge is -2.36. The van der Waals surface area contributed by atoms with Crippen LogP contribution < -0.4 is 16.0 Å². The predicted molar refractivity (Wildman–Crippen MR) is 99.3 cm³/mol. The molecule has 4 nitrogen and oxygen atoms in total. The van der Waals surface area contributed by atoms with Gasteiger partial charge in [0.25, 0.3) is 0 Å². The van der Waals surface area contributed by atoms with Gasteiger partial charge in [-0.1, -0.05) is 35.9 Å². The monoisotopic (exact) mass is 343 g/mol. The molecule has 0 radical (unpaired) electrons. The maximum absolute atomic E-state index is 12.6. The van der Waals surface area contributed by atoms with Crippen LogP contribution >= 0.6 is 11.6 Å². The minimum atomic E-state index is -0.256. The van der Waals surface area contributed by atoms with E-state index in [2.05, 4.69) is 10.2 Å². The van der Waals surface area contributed by atoms with Gasteiger partial charge in [0.2, 0.25) is 5.91 Å². The number of nitrogen functional groups attached to an aromatic ring is 1. The lowest BCUT2D eigenvalue weighted by atomic mass is 9.98. The third-order valence-corrected chi connectivity index (χ3v) is 4.95. The van der Waals surface area contributed by atoms with Crippen LogP contribution in [0.15, 0.2) is 42.5 Å². The van der Waals surface area contributed by atoms with Crippen LogP contribution in [-0.4, -0.2) is 18.5 Å². The zero-order chi connectivity index (χ0) is 17.1. The molecule has 126 valence electrons. The van der Waals surface area contributed by atoms with Gasteiger partial charge in [-0.2, -0.15) is 0 Å². The van der Waals surface area contributed by atoms with Crippen LogP contribution in [0, 0.1) is 0 Å². The van der Waals surface area contributed by atoms with Gasteiger partial charge in [0.05, 0.1) is 0 Å². The van der Waals surface area contributed by atoms with Crippen molar-refractivity contribution in [2.45, 2.75) is 32.4 Å². The number of nitrogens with two attached hydrogens (primary N) is 1. The second-order valence-electron chi connectivity index (χ2n) is 6.13. The maximum Gasteiger partial charge on any atom is 0.242 e. The first-order valence-corrected chi connectivity index (χ1v) is 8.61. The number of nitrogens with one attached hydrogen (secondary N) is 1. The molecule has 2 aromatic carbocycles. The molecule has 5 heteroatoms. The number of hydrogen-bond acceptors (Lipinski definition) is 3. The Bertz CT molecular complexity index is 747. The summed E-state index contributed by atoms with van der Waals surface area (Å²) in [6.45, 7) is 3.22. The van der Waals surface area contributed by atoms with Crippen molar-refractivity contribution in [2.75, 3.05) is 17.2 Å². The van der Waals surface area contributed by atoms with E-state index in [1.165, 1.54) is 0 Å². The highest BCUT2D eigenvalue weighted by molar-refractivity contribution is 6.31. The largest absolute Gasteiger partial charge is 0.398 e. The quantitative estimate of drug-likeness (QED) is 0.837.